The SMILES string of the molecule is CC(C)(C)OC(=O)NC(CC12CCC(CC1)CC2)C(=O)O. The summed E-state index contributed by atoms with van der Waals surface area (Å²) in [7, 11) is 0. The Kier molecular flexibility index (Phi) is 4.49. The van der Waals surface area contributed by atoms with E-state index in [1.54, 1.807) is 20.8 Å². The molecule has 1 amide bonds. The molecule has 1 atom stereocenters. The Morgan fingerprint density at radius 3 is 2.19 bits per heavy atom. The van der Waals surface area contributed by atoms with Crippen LogP contribution in [0.15, 0.2) is 0 Å². The normalized spacial score (nSPS) is 29.8. The van der Waals surface area contributed by atoms with Crippen LogP contribution in [0.5, 0.6) is 0 Å². The van der Waals surface area contributed by atoms with Gasteiger partial charge in [-0.2, -0.15) is 0 Å². The van der Waals surface area contributed by atoms with Gasteiger partial charge in [-0.1, -0.05) is 0 Å². The van der Waals surface area contributed by atoms with Crippen LogP contribution in [-0.4, -0.2) is 28.8 Å². The average molecular weight is 297 g/mol. The molecule has 0 heterocycles. The standard InChI is InChI=1S/C16H27NO4/c1-15(2,3)21-14(20)17-12(13(18)19)10-16-7-4-11(5-8-16)6-9-16/h11-12H,4-10H2,1-3H3,(H,17,20)(H,18,19). The molecule has 3 aliphatic carbocycles. The van der Waals surface area contributed by atoms with Gasteiger partial charge in [-0.3, -0.25) is 0 Å². The lowest BCUT2D eigenvalue weighted by molar-refractivity contribution is -0.141. The second-order valence-corrected chi connectivity index (χ2v) is 7.72. The quantitative estimate of drug-likeness (QED) is 0.834. The molecule has 5 heteroatoms. The van der Waals surface area contributed by atoms with Gasteiger partial charge >= 0.3 is 12.1 Å². The van der Waals surface area contributed by atoms with Crippen LogP contribution in [0.2, 0.25) is 0 Å². The highest BCUT2D eigenvalue weighted by Gasteiger charge is 2.43. The van der Waals surface area contributed by atoms with Gasteiger partial charge in [0.05, 0.1) is 0 Å². The van der Waals surface area contributed by atoms with Crippen LogP contribution in [0.3, 0.4) is 0 Å². The molecule has 3 saturated carbocycles. The summed E-state index contributed by atoms with van der Waals surface area (Å²) in [4.78, 5) is 23.3. The number of fused-ring (bicyclic) bond motifs is 3. The number of hydrogen-bond donors (Lipinski definition) is 2. The fourth-order valence-corrected chi connectivity index (χ4v) is 3.73. The summed E-state index contributed by atoms with van der Waals surface area (Å²) < 4.78 is 5.17. The van der Waals surface area contributed by atoms with Gasteiger partial charge in [-0.25, -0.2) is 9.59 Å². The van der Waals surface area contributed by atoms with Gasteiger partial charge in [0, 0.05) is 0 Å². The van der Waals surface area contributed by atoms with Gasteiger partial charge in [0.25, 0.3) is 0 Å². The number of nitrogens with one attached hydrogen (secondary N) is 1. The summed E-state index contributed by atoms with van der Waals surface area (Å²) in [5, 5.41) is 11.9. The molecule has 0 saturated heterocycles. The number of alkyl carbamates (subject to hydrolysis) is 1. The maximum absolute atomic E-state index is 11.8. The van der Waals surface area contributed by atoms with E-state index in [-0.39, 0.29) is 5.41 Å². The minimum absolute atomic E-state index is 0.104. The molecule has 5 nitrogen and oxygen atoms in total. The lowest BCUT2D eigenvalue weighted by Crippen LogP contribution is -2.48. The molecule has 120 valence electrons. The molecule has 21 heavy (non-hydrogen) atoms. The highest BCUT2D eigenvalue weighted by Crippen LogP contribution is 2.52. The van der Waals surface area contributed by atoms with Gasteiger partial charge in [-0.05, 0) is 77.0 Å². The maximum Gasteiger partial charge on any atom is 0.408 e. The first-order valence-corrected chi connectivity index (χ1v) is 7.91. The lowest BCUT2D eigenvalue weighted by atomic mass is 9.58. The summed E-state index contributed by atoms with van der Waals surface area (Å²) in [5.41, 5.74) is -0.513. The lowest BCUT2D eigenvalue weighted by Gasteiger charge is -2.47. The van der Waals surface area contributed by atoms with Crippen molar-refractivity contribution in [3.05, 3.63) is 0 Å². The predicted molar refractivity (Wildman–Crippen MR) is 79.0 cm³/mol. The molecular weight excluding hydrogens is 270 g/mol. The second kappa shape index (κ2) is 5.85. The Morgan fingerprint density at radius 2 is 1.76 bits per heavy atom. The molecule has 0 aromatic rings. The Hall–Kier alpha value is -1.26. The number of amides is 1. The summed E-state index contributed by atoms with van der Waals surface area (Å²) in [6.07, 6.45) is 6.78. The molecule has 3 aliphatic rings. The molecule has 0 spiro atoms. The van der Waals surface area contributed by atoms with E-state index in [0.717, 1.165) is 25.2 Å². The first kappa shape index (κ1) is 16.1. The first-order chi connectivity index (χ1) is 9.69. The van der Waals surface area contributed by atoms with Crippen molar-refractivity contribution in [1.29, 1.82) is 0 Å². The third-order valence-corrected chi connectivity index (χ3v) is 4.87. The summed E-state index contributed by atoms with van der Waals surface area (Å²) in [6, 6.07) is -0.852. The van der Waals surface area contributed by atoms with E-state index >= 15 is 0 Å². The fourth-order valence-electron chi connectivity index (χ4n) is 3.73. The van der Waals surface area contributed by atoms with E-state index in [1.807, 2.05) is 0 Å². The van der Waals surface area contributed by atoms with E-state index < -0.39 is 23.7 Å². The molecule has 3 fully saturated rings. The van der Waals surface area contributed by atoms with Crippen molar-refractivity contribution in [2.45, 2.75) is 77.4 Å². The Morgan fingerprint density at radius 1 is 1.24 bits per heavy atom. The topological polar surface area (TPSA) is 75.6 Å². The fraction of sp³-hybridized carbons (Fsp3) is 0.875. The third kappa shape index (κ3) is 4.35. The first-order valence-electron chi connectivity index (χ1n) is 7.91. The van der Waals surface area contributed by atoms with Crippen LogP contribution < -0.4 is 5.32 Å². The van der Waals surface area contributed by atoms with Crippen molar-refractivity contribution >= 4 is 12.1 Å². The van der Waals surface area contributed by atoms with Crippen LogP contribution in [0.25, 0.3) is 0 Å². The number of aliphatic carboxylic acids is 1. The third-order valence-electron chi connectivity index (χ3n) is 4.87. The van der Waals surface area contributed by atoms with E-state index in [4.69, 9.17) is 4.74 Å². The number of carboxylic acids is 1. The molecule has 0 aliphatic heterocycles. The van der Waals surface area contributed by atoms with Gasteiger partial charge < -0.3 is 15.2 Å². The zero-order chi connectivity index (χ0) is 15.7. The van der Waals surface area contributed by atoms with Crippen molar-refractivity contribution in [2.75, 3.05) is 0 Å². The highest BCUT2D eigenvalue weighted by molar-refractivity contribution is 5.80. The van der Waals surface area contributed by atoms with Crippen LogP contribution in [0.4, 0.5) is 4.79 Å². The van der Waals surface area contributed by atoms with E-state index in [1.165, 1.54) is 19.3 Å². The van der Waals surface area contributed by atoms with Crippen LogP contribution in [0.1, 0.15) is 65.7 Å². The smallest absolute Gasteiger partial charge is 0.408 e. The summed E-state index contributed by atoms with van der Waals surface area (Å²) in [5.74, 6) is -0.128. The Balaban J connectivity index is 1.96. The van der Waals surface area contributed by atoms with Crippen LogP contribution in [-0.2, 0) is 9.53 Å². The van der Waals surface area contributed by atoms with Crippen molar-refractivity contribution in [3.8, 4) is 0 Å². The molecule has 1 unspecified atom stereocenters. The molecule has 0 aromatic carbocycles. The number of carbonyl (C=O) groups excluding carboxylic acids is 1. The number of rotatable bonds is 4. The zero-order valence-electron chi connectivity index (χ0n) is 13.3. The number of carboxylic acid groups (broad SMARTS) is 1. The molecule has 2 N–H and O–H groups in total. The van der Waals surface area contributed by atoms with E-state index in [9.17, 15) is 14.7 Å². The van der Waals surface area contributed by atoms with Crippen molar-refractivity contribution in [3.63, 3.8) is 0 Å². The van der Waals surface area contributed by atoms with Crippen molar-refractivity contribution < 1.29 is 19.4 Å². The van der Waals surface area contributed by atoms with Gasteiger partial charge in [0.15, 0.2) is 0 Å². The maximum atomic E-state index is 11.8. The number of ether oxygens (including phenoxy) is 1. The number of hydrogen-bond acceptors (Lipinski definition) is 3. The second-order valence-electron chi connectivity index (χ2n) is 7.72. The minimum atomic E-state index is -0.970. The molecular formula is C16H27NO4. The van der Waals surface area contributed by atoms with Crippen LogP contribution >= 0.6 is 0 Å². The molecule has 2 bridgehead atoms. The molecule has 0 aromatic heterocycles. The van der Waals surface area contributed by atoms with Crippen molar-refractivity contribution in [1.82, 2.24) is 5.32 Å². The molecule has 0 radical (unpaired) electrons. The minimum Gasteiger partial charge on any atom is -0.480 e. The largest absolute Gasteiger partial charge is 0.480 e. The van der Waals surface area contributed by atoms with Gasteiger partial charge in [0.1, 0.15) is 11.6 Å². The van der Waals surface area contributed by atoms with Crippen LogP contribution in [0, 0.1) is 11.3 Å². The predicted octanol–water partition coefficient (Wildman–Crippen LogP) is 3.32. The van der Waals surface area contributed by atoms with E-state index in [0.29, 0.717) is 6.42 Å². The molecule has 3 rings (SSSR count). The van der Waals surface area contributed by atoms with E-state index in [2.05, 4.69) is 5.32 Å². The Labute approximate surface area is 126 Å². The van der Waals surface area contributed by atoms with Crippen molar-refractivity contribution in [2.24, 2.45) is 11.3 Å². The Bertz CT molecular complexity index is 391. The summed E-state index contributed by atoms with van der Waals surface area (Å²) >= 11 is 0. The highest BCUT2D eigenvalue weighted by atomic mass is 16.6. The average Bonchev–Trinajstić information content (AvgIpc) is 2.37. The number of carbonyl (C=O) groups is 2. The monoisotopic (exact) mass is 297 g/mol. The summed E-state index contributed by atoms with van der Waals surface area (Å²) in [6.45, 7) is 5.30. The van der Waals surface area contributed by atoms with Gasteiger partial charge in [0.2, 0.25) is 0 Å². The van der Waals surface area contributed by atoms with Gasteiger partial charge in [-0.15, -0.1) is 0 Å². The zero-order valence-corrected chi connectivity index (χ0v) is 13.3.